The summed E-state index contributed by atoms with van der Waals surface area (Å²) in [6.07, 6.45) is 5.83. The summed E-state index contributed by atoms with van der Waals surface area (Å²) in [6, 6.07) is 12.0. The van der Waals surface area contributed by atoms with Gasteiger partial charge in [0.25, 0.3) is 5.91 Å². The van der Waals surface area contributed by atoms with Crippen LogP contribution in [0.2, 0.25) is 0 Å². The maximum absolute atomic E-state index is 12.5. The van der Waals surface area contributed by atoms with Gasteiger partial charge >= 0.3 is 0 Å². The minimum atomic E-state index is 0.140. The molecule has 1 amide bonds. The van der Waals surface area contributed by atoms with E-state index in [0.717, 1.165) is 55.8 Å². The molecule has 4 heteroatoms. The molecule has 1 aromatic carbocycles. The molecule has 0 radical (unpaired) electrons. The first kappa shape index (κ1) is 15.2. The van der Waals surface area contributed by atoms with Gasteiger partial charge in [0.15, 0.2) is 0 Å². The van der Waals surface area contributed by atoms with Crippen LogP contribution in [-0.4, -0.2) is 35.5 Å². The summed E-state index contributed by atoms with van der Waals surface area (Å²) in [5.74, 6) is 1.55. The summed E-state index contributed by atoms with van der Waals surface area (Å²) in [4.78, 5) is 18.9. The van der Waals surface area contributed by atoms with Gasteiger partial charge in [0.2, 0.25) is 0 Å². The zero-order chi connectivity index (χ0) is 16.4. The lowest BCUT2D eigenvalue weighted by atomic mass is 9.92. The predicted octanol–water partition coefficient (Wildman–Crippen LogP) is 3.11. The molecule has 2 aliphatic rings. The zero-order valence-electron chi connectivity index (χ0n) is 13.8. The van der Waals surface area contributed by atoms with E-state index in [9.17, 15) is 4.79 Å². The Balaban J connectivity index is 1.46. The Kier molecular flexibility index (Phi) is 4.20. The number of rotatable bonds is 3. The predicted molar refractivity (Wildman–Crippen MR) is 92.2 cm³/mol. The van der Waals surface area contributed by atoms with Crippen LogP contribution >= 0.6 is 0 Å². The third kappa shape index (κ3) is 3.14. The minimum absolute atomic E-state index is 0.140. The first-order valence-corrected chi connectivity index (χ1v) is 8.74. The van der Waals surface area contributed by atoms with Crippen molar-refractivity contribution in [3.8, 4) is 5.75 Å². The maximum atomic E-state index is 12.5. The van der Waals surface area contributed by atoms with Crippen molar-refractivity contribution in [3.63, 3.8) is 0 Å². The van der Waals surface area contributed by atoms with Gasteiger partial charge in [0.1, 0.15) is 5.75 Å². The highest BCUT2D eigenvalue weighted by molar-refractivity contribution is 5.94. The second kappa shape index (κ2) is 6.63. The van der Waals surface area contributed by atoms with Crippen molar-refractivity contribution in [3.05, 3.63) is 59.4 Å². The number of carbonyl (C=O) groups excluding carboxylic acids is 1. The van der Waals surface area contributed by atoms with Gasteiger partial charge in [0.05, 0.1) is 6.61 Å². The number of carbonyl (C=O) groups is 1. The molecular formula is C20H22N2O2. The molecular weight excluding hydrogens is 300 g/mol. The van der Waals surface area contributed by atoms with Gasteiger partial charge < -0.3 is 9.64 Å². The van der Waals surface area contributed by atoms with Crippen molar-refractivity contribution < 1.29 is 9.53 Å². The molecule has 2 aromatic rings. The standard InChI is InChI=1S/C20H22N2O2/c23-20(22-9-3-4-10-22)17-7-8-21-18(13-17)12-15-11-16-5-1-2-6-19(16)24-14-15/h1-2,5-8,13,15H,3-4,9-12,14H2/t15-/m0/s1. The molecule has 3 heterocycles. The highest BCUT2D eigenvalue weighted by Gasteiger charge is 2.22. The number of ether oxygens (including phenoxy) is 1. The molecule has 2 aliphatic heterocycles. The fraction of sp³-hybridized carbons (Fsp3) is 0.400. The van der Waals surface area contributed by atoms with Crippen LogP contribution in [0.25, 0.3) is 0 Å². The molecule has 1 aromatic heterocycles. The molecule has 0 bridgehead atoms. The third-order valence-corrected chi connectivity index (χ3v) is 4.91. The summed E-state index contributed by atoms with van der Waals surface area (Å²) >= 11 is 0. The van der Waals surface area contributed by atoms with Gasteiger partial charge in [-0.3, -0.25) is 9.78 Å². The third-order valence-electron chi connectivity index (χ3n) is 4.91. The quantitative estimate of drug-likeness (QED) is 0.872. The van der Waals surface area contributed by atoms with E-state index in [1.165, 1.54) is 5.56 Å². The molecule has 0 unspecified atom stereocenters. The largest absolute Gasteiger partial charge is 0.493 e. The van der Waals surface area contributed by atoms with Gasteiger partial charge in [-0.15, -0.1) is 0 Å². The lowest BCUT2D eigenvalue weighted by molar-refractivity contribution is 0.0792. The molecule has 4 rings (SSSR count). The molecule has 0 aliphatic carbocycles. The molecule has 4 nitrogen and oxygen atoms in total. The number of fused-ring (bicyclic) bond motifs is 1. The molecule has 1 fully saturated rings. The summed E-state index contributed by atoms with van der Waals surface area (Å²) in [7, 11) is 0. The smallest absolute Gasteiger partial charge is 0.253 e. The fourth-order valence-electron chi connectivity index (χ4n) is 3.64. The number of nitrogens with zero attached hydrogens (tertiary/aromatic N) is 2. The van der Waals surface area contributed by atoms with Crippen molar-refractivity contribution in [2.24, 2.45) is 5.92 Å². The van der Waals surface area contributed by atoms with Crippen LogP contribution in [0.1, 0.15) is 34.5 Å². The van der Waals surface area contributed by atoms with Crippen LogP contribution < -0.4 is 4.74 Å². The van der Waals surface area contributed by atoms with Crippen LogP contribution in [0.4, 0.5) is 0 Å². The first-order valence-electron chi connectivity index (χ1n) is 8.74. The van der Waals surface area contributed by atoms with Gasteiger partial charge in [-0.1, -0.05) is 18.2 Å². The average Bonchev–Trinajstić information content (AvgIpc) is 3.16. The molecule has 24 heavy (non-hydrogen) atoms. The number of aromatic nitrogens is 1. The normalized spacial score (nSPS) is 19.7. The van der Waals surface area contributed by atoms with Crippen molar-refractivity contribution in [1.29, 1.82) is 0 Å². The van der Waals surface area contributed by atoms with Crippen LogP contribution in [0.15, 0.2) is 42.6 Å². The topological polar surface area (TPSA) is 42.4 Å². The van der Waals surface area contributed by atoms with E-state index in [1.807, 2.05) is 29.2 Å². The molecule has 124 valence electrons. The highest BCUT2D eigenvalue weighted by Crippen LogP contribution is 2.28. The molecule has 0 saturated carbocycles. The van der Waals surface area contributed by atoms with Gasteiger partial charge in [-0.25, -0.2) is 0 Å². The Morgan fingerprint density at radius 2 is 2.04 bits per heavy atom. The van der Waals surface area contributed by atoms with Gasteiger partial charge in [0, 0.05) is 36.5 Å². The summed E-state index contributed by atoms with van der Waals surface area (Å²) in [5.41, 5.74) is 3.00. The number of para-hydroxylation sites is 1. The average molecular weight is 322 g/mol. The summed E-state index contributed by atoms with van der Waals surface area (Å²) in [5, 5.41) is 0. The fourth-order valence-corrected chi connectivity index (χ4v) is 3.64. The van der Waals surface area contributed by atoms with Gasteiger partial charge in [-0.05, 0) is 49.4 Å². The summed E-state index contributed by atoms with van der Waals surface area (Å²) < 4.78 is 5.86. The number of benzene rings is 1. The molecule has 1 atom stereocenters. The Morgan fingerprint density at radius 1 is 1.21 bits per heavy atom. The van der Waals surface area contributed by atoms with Crippen LogP contribution in [0.3, 0.4) is 0 Å². The van der Waals surface area contributed by atoms with Gasteiger partial charge in [-0.2, -0.15) is 0 Å². The first-order chi connectivity index (χ1) is 11.8. The van der Waals surface area contributed by atoms with Crippen molar-refractivity contribution in [2.45, 2.75) is 25.7 Å². The van der Waals surface area contributed by atoms with Crippen LogP contribution in [0, 0.1) is 5.92 Å². The SMILES string of the molecule is O=C(c1ccnc(C[C@H]2COc3ccccc3C2)c1)N1CCCC1. The Hall–Kier alpha value is -2.36. The number of amides is 1. The van der Waals surface area contributed by atoms with Crippen molar-refractivity contribution >= 4 is 5.91 Å². The molecule has 0 spiro atoms. The summed E-state index contributed by atoms with van der Waals surface area (Å²) in [6.45, 7) is 2.47. The van der Waals surface area contributed by atoms with E-state index in [0.29, 0.717) is 12.5 Å². The van der Waals surface area contributed by atoms with E-state index >= 15 is 0 Å². The van der Waals surface area contributed by atoms with Crippen molar-refractivity contribution in [1.82, 2.24) is 9.88 Å². The van der Waals surface area contributed by atoms with Crippen LogP contribution in [0.5, 0.6) is 5.75 Å². The minimum Gasteiger partial charge on any atom is -0.493 e. The number of hydrogen-bond acceptors (Lipinski definition) is 3. The Morgan fingerprint density at radius 3 is 2.92 bits per heavy atom. The van der Waals surface area contributed by atoms with E-state index in [-0.39, 0.29) is 5.91 Å². The monoisotopic (exact) mass is 322 g/mol. The zero-order valence-corrected chi connectivity index (χ0v) is 13.8. The Bertz CT molecular complexity index is 738. The second-order valence-corrected chi connectivity index (χ2v) is 6.73. The lowest BCUT2D eigenvalue weighted by Crippen LogP contribution is -2.28. The molecule has 1 saturated heterocycles. The number of likely N-dealkylation sites (tertiary alicyclic amines) is 1. The van der Waals surface area contributed by atoms with E-state index in [4.69, 9.17) is 4.74 Å². The van der Waals surface area contributed by atoms with Crippen molar-refractivity contribution in [2.75, 3.05) is 19.7 Å². The Labute approximate surface area is 142 Å². The van der Waals surface area contributed by atoms with E-state index < -0.39 is 0 Å². The van der Waals surface area contributed by atoms with E-state index in [2.05, 4.69) is 17.1 Å². The van der Waals surface area contributed by atoms with E-state index in [1.54, 1.807) is 6.20 Å². The maximum Gasteiger partial charge on any atom is 0.253 e. The number of pyridine rings is 1. The molecule has 0 N–H and O–H groups in total. The lowest BCUT2D eigenvalue weighted by Gasteiger charge is -2.25. The van der Waals surface area contributed by atoms with Crippen LogP contribution in [-0.2, 0) is 12.8 Å². The second-order valence-electron chi connectivity index (χ2n) is 6.73. The number of hydrogen-bond donors (Lipinski definition) is 0. The highest BCUT2D eigenvalue weighted by atomic mass is 16.5.